The number of ether oxygens (including phenoxy) is 1. The third-order valence-corrected chi connectivity index (χ3v) is 2.87. The van der Waals surface area contributed by atoms with E-state index in [-0.39, 0.29) is 12.1 Å². The summed E-state index contributed by atoms with van der Waals surface area (Å²) in [7, 11) is 3.25. The van der Waals surface area contributed by atoms with Gasteiger partial charge in [-0.1, -0.05) is 11.6 Å². The number of nitrogens with one attached hydrogen (secondary N) is 1. The van der Waals surface area contributed by atoms with E-state index in [1.165, 1.54) is 23.9 Å². The molecule has 2 aromatic rings. The van der Waals surface area contributed by atoms with Gasteiger partial charge in [-0.3, -0.25) is 4.79 Å². The third kappa shape index (κ3) is 3.03. The van der Waals surface area contributed by atoms with Gasteiger partial charge in [0.15, 0.2) is 0 Å². The number of nitrogens with zero attached hydrogens (tertiary/aromatic N) is 3. The molecule has 0 fully saturated rings. The second-order valence-corrected chi connectivity index (χ2v) is 4.15. The summed E-state index contributed by atoms with van der Waals surface area (Å²) in [6.07, 6.45) is 0. The van der Waals surface area contributed by atoms with Crippen LogP contribution in [0, 0.1) is 0 Å². The molecular weight excluding hydrogens is 268 g/mol. The van der Waals surface area contributed by atoms with Gasteiger partial charge in [-0.05, 0) is 12.1 Å². The summed E-state index contributed by atoms with van der Waals surface area (Å²) < 4.78 is 6.24. The second kappa shape index (κ2) is 5.71. The van der Waals surface area contributed by atoms with Crippen molar-refractivity contribution < 1.29 is 4.74 Å². The van der Waals surface area contributed by atoms with E-state index in [1.54, 1.807) is 19.2 Å². The van der Waals surface area contributed by atoms with E-state index in [0.717, 1.165) is 0 Å². The summed E-state index contributed by atoms with van der Waals surface area (Å²) in [6.45, 7) is 0.185. The number of aromatic nitrogens is 3. The minimum atomic E-state index is -0.242. The lowest BCUT2D eigenvalue weighted by Gasteiger charge is -2.08. The molecule has 0 aliphatic carbocycles. The van der Waals surface area contributed by atoms with Crippen molar-refractivity contribution in [1.82, 2.24) is 14.8 Å². The van der Waals surface area contributed by atoms with Gasteiger partial charge < -0.3 is 10.1 Å². The van der Waals surface area contributed by atoms with Crippen molar-refractivity contribution >= 4 is 17.4 Å². The highest BCUT2D eigenvalue weighted by Gasteiger charge is 2.07. The van der Waals surface area contributed by atoms with E-state index in [0.29, 0.717) is 22.4 Å². The number of pyridine rings is 1. The Morgan fingerprint density at radius 1 is 1.37 bits per heavy atom. The van der Waals surface area contributed by atoms with Gasteiger partial charge in [0.2, 0.25) is 5.88 Å². The molecule has 0 saturated heterocycles. The Hall–Kier alpha value is -2.08. The van der Waals surface area contributed by atoms with Crippen molar-refractivity contribution in [2.75, 3.05) is 19.5 Å². The standard InChI is InChI=1S/C12H13ClN4O2/c1-14-10-4-3-8(13)9(15-10)7-17-12(18)6-5-11(16-17)19-2/h3-6H,7H2,1-2H3,(H,14,15). The summed E-state index contributed by atoms with van der Waals surface area (Å²) in [4.78, 5) is 16.0. The fourth-order valence-electron chi connectivity index (χ4n) is 1.53. The van der Waals surface area contributed by atoms with Crippen LogP contribution in [0.5, 0.6) is 5.88 Å². The van der Waals surface area contributed by atoms with E-state index >= 15 is 0 Å². The Bertz CT molecular complexity index is 642. The first-order chi connectivity index (χ1) is 9.13. The average Bonchev–Trinajstić information content (AvgIpc) is 2.43. The zero-order chi connectivity index (χ0) is 13.8. The van der Waals surface area contributed by atoms with E-state index in [1.807, 2.05) is 0 Å². The maximum atomic E-state index is 11.7. The Morgan fingerprint density at radius 2 is 2.16 bits per heavy atom. The average molecular weight is 281 g/mol. The van der Waals surface area contributed by atoms with Crippen molar-refractivity contribution in [2.45, 2.75) is 6.54 Å². The molecule has 2 rings (SSSR count). The molecule has 0 spiro atoms. The van der Waals surface area contributed by atoms with Crippen LogP contribution in [0.25, 0.3) is 0 Å². The molecule has 6 nitrogen and oxygen atoms in total. The fourth-order valence-corrected chi connectivity index (χ4v) is 1.69. The number of hydrogen-bond acceptors (Lipinski definition) is 5. The molecule has 0 bridgehead atoms. The molecule has 0 radical (unpaired) electrons. The van der Waals surface area contributed by atoms with Gasteiger partial charge >= 0.3 is 0 Å². The van der Waals surface area contributed by atoms with Crippen LogP contribution in [0.3, 0.4) is 0 Å². The lowest BCUT2D eigenvalue weighted by Crippen LogP contribution is -2.23. The number of halogens is 1. The van der Waals surface area contributed by atoms with Crippen LogP contribution < -0.4 is 15.6 Å². The molecule has 0 aliphatic rings. The molecule has 0 atom stereocenters. The molecule has 0 saturated carbocycles. The first-order valence-electron chi connectivity index (χ1n) is 5.59. The zero-order valence-corrected chi connectivity index (χ0v) is 11.3. The van der Waals surface area contributed by atoms with E-state index < -0.39 is 0 Å². The van der Waals surface area contributed by atoms with Crippen molar-refractivity contribution in [3.8, 4) is 5.88 Å². The number of rotatable bonds is 4. The van der Waals surface area contributed by atoms with Crippen LogP contribution in [-0.4, -0.2) is 28.9 Å². The van der Waals surface area contributed by atoms with Crippen LogP contribution in [0.2, 0.25) is 5.02 Å². The minimum Gasteiger partial charge on any atom is -0.480 e. The van der Waals surface area contributed by atoms with Crippen LogP contribution >= 0.6 is 11.6 Å². The Kier molecular flexibility index (Phi) is 4.01. The highest BCUT2D eigenvalue weighted by Crippen LogP contribution is 2.17. The summed E-state index contributed by atoms with van der Waals surface area (Å²) in [6, 6.07) is 6.38. The molecule has 0 aliphatic heterocycles. The Labute approximate surface area is 115 Å². The maximum absolute atomic E-state index is 11.7. The van der Waals surface area contributed by atoms with E-state index in [4.69, 9.17) is 16.3 Å². The first kappa shape index (κ1) is 13.4. The van der Waals surface area contributed by atoms with Crippen LogP contribution in [0.4, 0.5) is 5.82 Å². The van der Waals surface area contributed by atoms with Crippen molar-refractivity contribution in [1.29, 1.82) is 0 Å². The summed E-state index contributed by atoms with van der Waals surface area (Å²) in [5, 5.41) is 7.44. The number of methoxy groups -OCH3 is 1. The molecule has 0 unspecified atom stereocenters. The molecule has 2 heterocycles. The predicted octanol–water partition coefficient (Wildman–Crippen LogP) is 1.39. The van der Waals surface area contributed by atoms with Crippen LogP contribution in [0.1, 0.15) is 5.69 Å². The predicted molar refractivity (Wildman–Crippen MR) is 72.9 cm³/mol. The Balaban J connectivity index is 2.38. The summed E-state index contributed by atoms with van der Waals surface area (Å²) >= 11 is 6.06. The fraction of sp³-hybridized carbons (Fsp3) is 0.250. The summed E-state index contributed by atoms with van der Waals surface area (Å²) in [5.74, 6) is 1.04. The van der Waals surface area contributed by atoms with Crippen molar-refractivity contribution in [3.63, 3.8) is 0 Å². The van der Waals surface area contributed by atoms with E-state index in [9.17, 15) is 4.79 Å². The normalized spacial score (nSPS) is 10.3. The smallest absolute Gasteiger partial charge is 0.267 e. The third-order valence-electron chi connectivity index (χ3n) is 2.53. The van der Waals surface area contributed by atoms with Gasteiger partial charge in [-0.2, -0.15) is 0 Å². The molecule has 0 amide bonds. The monoisotopic (exact) mass is 280 g/mol. The lowest BCUT2D eigenvalue weighted by molar-refractivity contribution is 0.378. The second-order valence-electron chi connectivity index (χ2n) is 3.75. The topological polar surface area (TPSA) is 69.0 Å². The lowest BCUT2D eigenvalue weighted by atomic mass is 10.3. The van der Waals surface area contributed by atoms with Gasteiger partial charge in [0.25, 0.3) is 5.56 Å². The minimum absolute atomic E-state index is 0.185. The van der Waals surface area contributed by atoms with Crippen molar-refractivity contribution in [2.24, 2.45) is 0 Å². The summed E-state index contributed by atoms with van der Waals surface area (Å²) in [5.41, 5.74) is 0.324. The molecule has 0 aromatic carbocycles. The van der Waals surface area contributed by atoms with Crippen LogP contribution in [-0.2, 0) is 6.54 Å². The van der Waals surface area contributed by atoms with Gasteiger partial charge in [-0.25, -0.2) is 9.67 Å². The SMILES string of the molecule is CNc1ccc(Cl)c(Cn2nc(OC)ccc2=O)n1. The van der Waals surface area contributed by atoms with Gasteiger partial charge in [-0.15, -0.1) is 5.10 Å². The first-order valence-corrected chi connectivity index (χ1v) is 5.97. The molecule has 19 heavy (non-hydrogen) atoms. The number of anilines is 1. The van der Waals surface area contributed by atoms with Gasteiger partial charge in [0.05, 0.1) is 24.4 Å². The van der Waals surface area contributed by atoms with E-state index in [2.05, 4.69) is 15.4 Å². The molecule has 2 aromatic heterocycles. The Morgan fingerprint density at radius 3 is 2.84 bits per heavy atom. The van der Waals surface area contributed by atoms with Gasteiger partial charge in [0.1, 0.15) is 5.82 Å². The quantitative estimate of drug-likeness (QED) is 0.916. The number of hydrogen-bond donors (Lipinski definition) is 1. The highest BCUT2D eigenvalue weighted by molar-refractivity contribution is 6.31. The molecule has 1 N–H and O–H groups in total. The molecular formula is C12H13ClN4O2. The molecule has 100 valence electrons. The van der Waals surface area contributed by atoms with Crippen molar-refractivity contribution in [3.05, 3.63) is 45.3 Å². The largest absolute Gasteiger partial charge is 0.480 e. The maximum Gasteiger partial charge on any atom is 0.267 e. The highest BCUT2D eigenvalue weighted by atomic mass is 35.5. The van der Waals surface area contributed by atoms with Gasteiger partial charge in [0, 0.05) is 19.2 Å². The molecule has 7 heteroatoms. The van der Waals surface area contributed by atoms with Crippen LogP contribution in [0.15, 0.2) is 29.1 Å². The zero-order valence-electron chi connectivity index (χ0n) is 10.6.